The minimum Gasteiger partial charge on any atom is -0.489 e. The average molecular weight is 426 g/mol. The van der Waals surface area contributed by atoms with Crippen molar-refractivity contribution in [2.75, 3.05) is 36.5 Å². The lowest BCUT2D eigenvalue weighted by Crippen LogP contribution is -2.37. The number of hydrogen-bond donors (Lipinski definition) is 0. The van der Waals surface area contributed by atoms with Gasteiger partial charge in [-0.05, 0) is 60.2 Å². The number of sulfonamides is 1. The first kappa shape index (κ1) is 19.3. The third-order valence-electron chi connectivity index (χ3n) is 4.72. The van der Waals surface area contributed by atoms with E-state index in [0.717, 1.165) is 16.1 Å². The van der Waals surface area contributed by atoms with Crippen molar-refractivity contribution in [2.45, 2.75) is 4.90 Å². The van der Waals surface area contributed by atoms with Crippen molar-refractivity contribution in [1.29, 1.82) is 5.26 Å². The van der Waals surface area contributed by atoms with Gasteiger partial charge in [-0.2, -0.15) is 5.26 Å². The molecule has 0 bridgehead atoms. The van der Waals surface area contributed by atoms with Crippen LogP contribution in [-0.4, -0.2) is 35.7 Å². The summed E-state index contributed by atoms with van der Waals surface area (Å²) >= 11 is 1.37. The number of hydrogen-bond acceptors (Lipinski definition) is 6. The lowest BCUT2D eigenvalue weighted by atomic mass is 10.1. The normalized spacial score (nSPS) is 13.3. The van der Waals surface area contributed by atoms with Crippen LogP contribution in [0.3, 0.4) is 0 Å². The smallest absolute Gasteiger partial charge is 0.264 e. The molecule has 0 fully saturated rings. The molecule has 0 saturated carbocycles. The van der Waals surface area contributed by atoms with Crippen LogP contribution in [0.2, 0.25) is 0 Å². The molecule has 1 aliphatic heterocycles. The number of nitriles is 1. The summed E-state index contributed by atoms with van der Waals surface area (Å²) in [5.41, 5.74) is 2.29. The molecule has 0 radical (unpaired) electrons. The first-order valence-corrected chi connectivity index (χ1v) is 11.2. The van der Waals surface area contributed by atoms with Crippen LogP contribution in [-0.2, 0) is 10.0 Å². The molecule has 0 spiro atoms. The molecule has 148 valence electrons. The number of ether oxygens (including phenoxy) is 1. The number of nitrogens with zero attached hydrogens (tertiary/aromatic N) is 3. The van der Waals surface area contributed by atoms with E-state index in [2.05, 4.69) is 6.07 Å². The lowest BCUT2D eigenvalue weighted by molar-refractivity contribution is 0.316. The van der Waals surface area contributed by atoms with Crippen LogP contribution in [0.15, 0.2) is 59.5 Å². The van der Waals surface area contributed by atoms with Crippen LogP contribution in [0, 0.1) is 11.3 Å². The van der Waals surface area contributed by atoms with Crippen molar-refractivity contribution < 1.29 is 13.2 Å². The van der Waals surface area contributed by atoms with Gasteiger partial charge in [0.1, 0.15) is 23.3 Å². The van der Waals surface area contributed by atoms with Crippen LogP contribution >= 0.6 is 11.3 Å². The van der Waals surface area contributed by atoms with Crippen LogP contribution in [0.5, 0.6) is 5.75 Å². The van der Waals surface area contributed by atoms with Gasteiger partial charge in [-0.3, -0.25) is 4.31 Å². The molecule has 2 aromatic carbocycles. The Morgan fingerprint density at radius 1 is 1.10 bits per heavy atom. The summed E-state index contributed by atoms with van der Waals surface area (Å²) in [4.78, 5) is 3.68. The second-order valence-corrected chi connectivity index (χ2v) is 9.72. The monoisotopic (exact) mass is 425 g/mol. The fourth-order valence-electron chi connectivity index (χ4n) is 3.19. The molecule has 4 rings (SSSR count). The first-order chi connectivity index (χ1) is 13.9. The molecule has 0 N–H and O–H groups in total. The highest BCUT2D eigenvalue weighted by molar-refractivity contribution is 7.92. The SMILES string of the molecule is CN(C)c1ccc(S(=O)(=O)N2CCOc3ccc(-c4ccc(C#N)s4)cc32)cc1. The molecule has 8 heteroatoms. The Kier molecular flexibility index (Phi) is 4.94. The maximum atomic E-state index is 13.3. The third kappa shape index (κ3) is 3.55. The average Bonchev–Trinajstić information content (AvgIpc) is 3.22. The fourth-order valence-corrected chi connectivity index (χ4v) is 5.44. The van der Waals surface area contributed by atoms with Gasteiger partial charge in [0, 0.05) is 24.7 Å². The topological polar surface area (TPSA) is 73.6 Å². The molecule has 0 unspecified atom stereocenters. The molecule has 3 aromatic rings. The van der Waals surface area contributed by atoms with E-state index in [4.69, 9.17) is 10.00 Å². The highest BCUT2D eigenvalue weighted by Gasteiger charge is 2.30. The van der Waals surface area contributed by atoms with Crippen molar-refractivity contribution in [2.24, 2.45) is 0 Å². The Balaban J connectivity index is 1.75. The quantitative estimate of drug-likeness (QED) is 0.633. The maximum Gasteiger partial charge on any atom is 0.264 e. The van der Waals surface area contributed by atoms with Crippen molar-refractivity contribution in [3.8, 4) is 22.3 Å². The van der Waals surface area contributed by atoms with Crippen molar-refractivity contribution in [3.05, 3.63) is 59.5 Å². The molecule has 0 atom stereocenters. The molecule has 0 amide bonds. The summed E-state index contributed by atoms with van der Waals surface area (Å²) in [5.74, 6) is 0.533. The first-order valence-electron chi connectivity index (χ1n) is 8.97. The summed E-state index contributed by atoms with van der Waals surface area (Å²) in [6.45, 7) is 0.529. The predicted octanol–water partition coefficient (Wildman–Crippen LogP) is 3.94. The Morgan fingerprint density at radius 2 is 1.86 bits per heavy atom. The van der Waals surface area contributed by atoms with E-state index in [-0.39, 0.29) is 11.4 Å². The Hall–Kier alpha value is -3.02. The largest absolute Gasteiger partial charge is 0.489 e. The molecule has 6 nitrogen and oxygen atoms in total. The van der Waals surface area contributed by atoms with Crippen LogP contribution in [0.25, 0.3) is 10.4 Å². The number of rotatable bonds is 4. The number of thiophene rings is 1. The zero-order valence-corrected chi connectivity index (χ0v) is 17.6. The Morgan fingerprint density at radius 3 is 2.52 bits per heavy atom. The molecular formula is C21H19N3O3S2. The van der Waals surface area contributed by atoms with Gasteiger partial charge in [0.05, 0.1) is 17.1 Å². The van der Waals surface area contributed by atoms with Gasteiger partial charge in [0.2, 0.25) is 0 Å². The second-order valence-electron chi connectivity index (χ2n) is 6.77. The summed E-state index contributed by atoms with van der Waals surface area (Å²) in [5, 5.41) is 9.07. The van der Waals surface area contributed by atoms with Gasteiger partial charge in [-0.1, -0.05) is 0 Å². The molecule has 1 aromatic heterocycles. The molecule has 0 saturated heterocycles. The van der Waals surface area contributed by atoms with Gasteiger partial charge in [-0.25, -0.2) is 8.42 Å². The van der Waals surface area contributed by atoms with Gasteiger partial charge < -0.3 is 9.64 Å². The van der Waals surface area contributed by atoms with Gasteiger partial charge >= 0.3 is 0 Å². The highest BCUT2D eigenvalue weighted by atomic mass is 32.2. The predicted molar refractivity (Wildman–Crippen MR) is 115 cm³/mol. The van der Waals surface area contributed by atoms with Crippen LogP contribution in [0.4, 0.5) is 11.4 Å². The summed E-state index contributed by atoms with van der Waals surface area (Å²) in [7, 11) is 0.0862. The number of benzene rings is 2. The zero-order valence-electron chi connectivity index (χ0n) is 16.0. The third-order valence-corrected chi connectivity index (χ3v) is 7.59. The van der Waals surface area contributed by atoms with E-state index in [1.807, 2.05) is 37.2 Å². The summed E-state index contributed by atoms with van der Waals surface area (Å²) in [6, 6.07) is 18.1. The van der Waals surface area contributed by atoms with Crippen molar-refractivity contribution in [1.82, 2.24) is 0 Å². The molecule has 1 aliphatic rings. The van der Waals surface area contributed by atoms with Crippen molar-refractivity contribution >= 4 is 32.7 Å². The summed E-state index contributed by atoms with van der Waals surface area (Å²) in [6.07, 6.45) is 0. The fraction of sp³-hybridized carbons (Fsp3) is 0.190. The molecule has 29 heavy (non-hydrogen) atoms. The molecule has 0 aliphatic carbocycles. The van der Waals surface area contributed by atoms with E-state index in [9.17, 15) is 8.42 Å². The zero-order chi connectivity index (χ0) is 20.6. The van der Waals surface area contributed by atoms with Gasteiger partial charge in [0.15, 0.2) is 0 Å². The summed E-state index contributed by atoms with van der Waals surface area (Å²) < 4.78 is 33.8. The van der Waals surface area contributed by atoms with E-state index >= 15 is 0 Å². The van der Waals surface area contributed by atoms with Crippen LogP contribution < -0.4 is 13.9 Å². The van der Waals surface area contributed by atoms with E-state index in [0.29, 0.717) is 22.9 Å². The van der Waals surface area contributed by atoms with Gasteiger partial charge in [0.25, 0.3) is 10.0 Å². The minimum atomic E-state index is -3.73. The minimum absolute atomic E-state index is 0.238. The van der Waals surface area contributed by atoms with E-state index in [1.54, 1.807) is 36.4 Å². The molecular weight excluding hydrogens is 406 g/mol. The van der Waals surface area contributed by atoms with Crippen LogP contribution in [0.1, 0.15) is 4.88 Å². The molecule has 2 heterocycles. The second kappa shape index (κ2) is 7.43. The standard InChI is InChI=1S/C21H19N3O3S2/c1-23(2)16-4-7-18(8-5-16)29(25,26)24-11-12-27-20-9-3-15(13-19(20)24)21-10-6-17(14-22)28-21/h3-10,13H,11-12H2,1-2H3. The van der Waals surface area contributed by atoms with E-state index in [1.165, 1.54) is 15.6 Å². The van der Waals surface area contributed by atoms with Crippen molar-refractivity contribution in [3.63, 3.8) is 0 Å². The Labute approximate surface area is 174 Å². The maximum absolute atomic E-state index is 13.3. The van der Waals surface area contributed by atoms with E-state index < -0.39 is 10.0 Å². The highest BCUT2D eigenvalue weighted by Crippen LogP contribution is 2.40. The van der Waals surface area contributed by atoms with Gasteiger partial charge in [-0.15, -0.1) is 11.3 Å². The number of fused-ring (bicyclic) bond motifs is 1. The Bertz CT molecular complexity index is 1190. The lowest BCUT2D eigenvalue weighted by Gasteiger charge is -2.31. The number of anilines is 2.